The lowest BCUT2D eigenvalue weighted by molar-refractivity contribution is -0.131. The van der Waals surface area contributed by atoms with Crippen molar-refractivity contribution in [3.63, 3.8) is 0 Å². The molecule has 2 aromatic heterocycles. The first kappa shape index (κ1) is 19.9. The van der Waals surface area contributed by atoms with Gasteiger partial charge in [0.05, 0.1) is 12.5 Å². The second kappa shape index (κ2) is 8.56. The van der Waals surface area contributed by atoms with Crippen LogP contribution < -0.4 is 16.9 Å². The van der Waals surface area contributed by atoms with Gasteiger partial charge in [-0.25, -0.2) is 10.4 Å². The molecular weight excluding hydrogens is 384 g/mol. The number of nitrogens with zero attached hydrogens (tertiary/aromatic N) is 5. The van der Waals surface area contributed by atoms with Crippen LogP contribution in [0.1, 0.15) is 36.6 Å². The Balaban J connectivity index is 1.53. The molecule has 0 aliphatic carbocycles. The fourth-order valence-electron chi connectivity index (χ4n) is 3.38. The monoisotopic (exact) mass is 408 g/mol. The fourth-order valence-corrected chi connectivity index (χ4v) is 3.38. The number of aromatic nitrogens is 4. The van der Waals surface area contributed by atoms with Crippen LogP contribution in [0.25, 0.3) is 11.2 Å². The van der Waals surface area contributed by atoms with Crippen LogP contribution in [0.3, 0.4) is 0 Å². The van der Waals surface area contributed by atoms with E-state index in [0.29, 0.717) is 37.0 Å². The smallest absolute Gasteiger partial charge is 0.247 e. The zero-order chi connectivity index (χ0) is 21.1. The number of imidazole rings is 1. The predicted octanol–water partition coefficient (Wildman–Crippen LogP) is 1.76. The maximum atomic E-state index is 12.1. The van der Waals surface area contributed by atoms with Gasteiger partial charge in [-0.15, -0.1) is 0 Å². The van der Waals surface area contributed by atoms with Crippen molar-refractivity contribution >= 4 is 34.9 Å². The number of ketones is 1. The quantitative estimate of drug-likeness (QED) is 0.396. The minimum atomic E-state index is -0.452. The summed E-state index contributed by atoms with van der Waals surface area (Å²) in [6.45, 7) is 2.35. The molecule has 1 fully saturated rings. The van der Waals surface area contributed by atoms with Crippen LogP contribution in [0, 0.1) is 6.92 Å². The lowest BCUT2D eigenvalue weighted by Crippen LogP contribution is -2.23. The Morgan fingerprint density at radius 1 is 1.33 bits per heavy atom. The highest BCUT2D eigenvalue weighted by molar-refractivity contribution is 5.84. The van der Waals surface area contributed by atoms with E-state index in [9.17, 15) is 4.79 Å². The molecule has 1 aromatic carbocycles. The van der Waals surface area contributed by atoms with Crippen molar-refractivity contribution < 1.29 is 9.53 Å². The molecule has 30 heavy (non-hydrogen) atoms. The van der Waals surface area contributed by atoms with Gasteiger partial charge in [0.2, 0.25) is 5.95 Å². The first-order valence-corrected chi connectivity index (χ1v) is 9.79. The maximum Gasteiger partial charge on any atom is 0.247 e. The molecule has 0 radical (unpaired) electrons. The number of ether oxygens (including phenoxy) is 1. The van der Waals surface area contributed by atoms with Gasteiger partial charge in [0.1, 0.15) is 17.8 Å². The predicted molar refractivity (Wildman–Crippen MR) is 114 cm³/mol. The van der Waals surface area contributed by atoms with Crippen molar-refractivity contribution in [1.82, 2.24) is 19.5 Å². The highest BCUT2D eigenvalue weighted by atomic mass is 16.5. The van der Waals surface area contributed by atoms with Gasteiger partial charge in [0, 0.05) is 6.42 Å². The van der Waals surface area contributed by atoms with Gasteiger partial charge in [-0.2, -0.15) is 15.1 Å². The van der Waals surface area contributed by atoms with E-state index in [0.717, 1.165) is 5.56 Å². The third-order valence-corrected chi connectivity index (χ3v) is 4.96. The number of benzene rings is 1. The van der Waals surface area contributed by atoms with Crippen LogP contribution in [0.2, 0.25) is 0 Å². The van der Waals surface area contributed by atoms with Crippen molar-refractivity contribution in [2.45, 2.75) is 38.5 Å². The van der Waals surface area contributed by atoms with Gasteiger partial charge in [-0.1, -0.05) is 29.8 Å². The van der Waals surface area contributed by atoms with Crippen LogP contribution in [-0.2, 0) is 9.53 Å². The average Bonchev–Trinajstić information content (AvgIpc) is 3.37. The molecule has 10 heteroatoms. The zero-order valence-electron chi connectivity index (χ0n) is 16.7. The SMILES string of the molecule is Cc1ccc(/C=N/Nc2nc(N)c3ncn([C@H]4CC[C@@H](C(=O)CCN)O4)c3n2)cc1. The Morgan fingerprint density at radius 3 is 2.90 bits per heavy atom. The van der Waals surface area contributed by atoms with Crippen LogP contribution >= 0.6 is 0 Å². The van der Waals surface area contributed by atoms with Gasteiger partial charge < -0.3 is 16.2 Å². The molecule has 0 unspecified atom stereocenters. The number of Topliss-reactive ketones (excluding diaryl/α,β-unsaturated/α-hetero) is 1. The molecule has 10 nitrogen and oxygen atoms in total. The van der Waals surface area contributed by atoms with Crippen molar-refractivity contribution in [2.75, 3.05) is 17.7 Å². The largest absolute Gasteiger partial charge is 0.382 e. The molecule has 0 spiro atoms. The van der Waals surface area contributed by atoms with E-state index in [1.54, 1.807) is 17.1 Å². The number of hydrogen-bond acceptors (Lipinski definition) is 9. The van der Waals surface area contributed by atoms with Gasteiger partial charge >= 0.3 is 0 Å². The average molecular weight is 408 g/mol. The molecular formula is C20H24N8O2. The summed E-state index contributed by atoms with van der Waals surface area (Å²) >= 11 is 0. The molecule has 3 aromatic rings. The summed E-state index contributed by atoms with van der Waals surface area (Å²) < 4.78 is 7.70. The zero-order valence-corrected chi connectivity index (χ0v) is 16.7. The Morgan fingerprint density at radius 2 is 2.13 bits per heavy atom. The number of carbonyl (C=O) groups is 1. The molecule has 0 saturated carbocycles. The van der Waals surface area contributed by atoms with Crippen molar-refractivity contribution in [2.24, 2.45) is 10.8 Å². The van der Waals surface area contributed by atoms with Crippen molar-refractivity contribution in [3.05, 3.63) is 41.7 Å². The number of nitrogen functional groups attached to an aromatic ring is 1. The molecule has 0 amide bonds. The summed E-state index contributed by atoms with van der Waals surface area (Å²) in [4.78, 5) is 25.1. The summed E-state index contributed by atoms with van der Waals surface area (Å²) in [6.07, 6.45) is 4.10. The minimum Gasteiger partial charge on any atom is -0.382 e. The van der Waals surface area contributed by atoms with E-state index >= 15 is 0 Å². The second-order valence-electron chi connectivity index (χ2n) is 7.20. The highest BCUT2D eigenvalue weighted by Gasteiger charge is 2.32. The van der Waals surface area contributed by atoms with E-state index in [1.165, 1.54) is 5.56 Å². The number of hydrogen-bond donors (Lipinski definition) is 3. The minimum absolute atomic E-state index is 0.0198. The molecule has 1 aliphatic rings. The third kappa shape index (κ3) is 4.14. The van der Waals surface area contributed by atoms with E-state index in [1.807, 2.05) is 31.2 Å². The van der Waals surface area contributed by atoms with E-state index < -0.39 is 6.10 Å². The first-order chi connectivity index (χ1) is 14.5. The second-order valence-corrected chi connectivity index (χ2v) is 7.20. The Kier molecular flexibility index (Phi) is 5.68. The van der Waals surface area contributed by atoms with Gasteiger partial charge in [-0.3, -0.25) is 9.36 Å². The number of nitrogens with two attached hydrogens (primary N) is 2. The number of hydrazone groups is 1. The molecule has 1 saturated heterocycles. The Hall–Kier alpha value is -3.37. The van der Waals surface area contributed by atoms with E-state index in [2.05, 4.69) is 25.5 Å². The molecule has 1 aliphatic heterocycles. The number of fused-ring (bicyclic) bond motifs is 1. The van der Waals surface area contributed by atoms with Gasteiger partial charge in [0.25, 0.3) is 0 Å². The van der Waals surface area contributed by atoms with Crippen molar-refractivity contribution in [3.8, 4) is 0 Å². The number of aryl methyl sites for hydroxylation is 1. The summed E-state index contributed by atoms with van der Waals surface area (Å²) in [6, 6.07) is 7.95. The fraction of sp³-hybridized carbons (Fsp3) is 0.350. The van der Waals surface area contributed by atoms with E-state index in [4.69, 9.17) is 16.2 Å². The number of carbonyl (C=O) groups excluding carboxylic acids is 1. The number of nitrogens with one attached hydrogen (secondary N) is 1. The lowest BCUT2D eigenvalue weighted by Gasteiger charge is -2.14. The lowest BCUT2D eigenvalue weighted by atomic mass is 10.1. The summed E-state index contributed by atoms with van der Waals surface area (Å²) in [7, 11) is 0. The van der Waals surface area contributed by atoms with E-state index in [-0.39, 0.29) is 23.8 Å². The summed E-state index contributed by atoms with van der Waals surface area (Å²) in [5.74, 6) is 0.505. The molecule has 0 bridgehead atoms. The normalized spacial score (nSPS) is 19.0. The number of rotatable bonds is 7. The van der Waals surface area contributed by atoms with Gasteiger partial charge in [-0.05, 0) is 31.9 Å². The van der Waals surface area contributed by atoms with Crippen LogP contribution in [0.4, 0.5) is 11.8 Å². The molecule has 156 valence electrons. The maximum absolute atomic E-state index is 12.1. The number of anilines is 2. The summed E-state index contributed by atoms with van der Waals surface area (Å²) in [5, 5.41) is 4.18. The van der Waals surface area contributed by atoms with Crippen LogP contribution in [-0.4, -0.2) is 44.2 Å². The Bertz CT molecular complexity index is 1080. The standard InChI is InChI=1S/C20H24N8O2/c1-12-2-4-13(5-3-12)10-24-27-20-25-18(22)17-19(26-20)28(11-23-17)16-7-6-15(30-16)14(29)8-9-21/h2-5,10-11,15-16H,6-9,21H2,1H3,(H3,22,25,26,27)/b24-10+/t15-,16+/m0/s1. The molecule has 5 N–H and O–H groups in total. The van der Waals surface area contributed by atoms with Crippen LogP contribution in [0.5, 0.6) is 0 Å². The highest BCUT2D eigenvalue weighted by Crippen LogP contribution is 2.32. The molecule has 2 atom stereocenters. The first-order valence-electron chi connectivity index (χ1n) is 9.79. The van der Waals surface area contributed by atoms with Crippen molar-refractivity contribution in [1.29, 1.82) is 0 Å². The summed E-state index contributed by atoms with van der Waals surface area (Å²) in [5.41, 5.74) is 17.5. The third-order valence-electron chi connectivity index (χ3n) is 4.96. The Labute approximate surface area is 173 Å². The molecule has 4 rings (SSSR count). The van der Waals surface area contributed by atoms with Crippen LogP contribution in [0.15, 0.2) is 35.7 Å². The topological polar surface area (TPSA) is 146 Å². The molecule has 3 heterocycles. The van der Waals surface area contributed by atoms with Gasteiger partial charge in [0.15, 0.2) is 17.2 Å².